The largest absolute Gasteiger partial charge is 0.494 e. The predicted molar refractivity (Wildman–Crippen MR) is 151 cm³/mol. The molecule has 4 heterocycles. The van der Waals surface area contributed by atoms with Gasteiger partial charge in [-0.2, -0.15) is 5.26 Å². The molecule has 0 unspecified atom stereocenters. The Kier molecular flexibility index (Phi) is 8.12. The van der Waals surface area contributed by atoms with Crippen LogP contribution in [0.5, 0.6) is 11.6 Å². The lowest BCUT2D eigenvalue weighted by Crippen LogP contribution is -2.54. The first-order valence-corrected chi connectivity index (χ1v) is 13.9. The summed E-state index contributed by atoms with van der Waals surface area (Å²) in [6.07, 6.45) is 4.07. The number of carbonyl (C=O) groups is 1. The normalized spacial score (nSPS) is 21.1. The molecular weight excluding hydrogens is 511 g/mol. The van der Waals surface area contributed by atoms with Gasteiger partial charge in [0.25, 0.3) is 0 Å². The second kappa shape index (κ2) is 11.7. The van der Waals surface area contributed by atoms with E-state index in [2.05, 4.69) is 36.4 Å². The van der Waals surface area contributed by atoms with E-state index < -0.39 is 0 Å². The molecule has 40 heavy (non-hydrogen) atoms. The zero-order valence-electron chi connectivity index (χ0n) is 23.5. The van der Waals surface area contributed by atoms with Gasteiger partial charge in [-0.25, -0.2) is 9.37 Å². The Labute approximate surface area is 235 Å². The number of rotatable bonds is 7. The summed E-state index contributed by atoms with van der Waals surface area (Å²) in [5.41, 5.74) is 3.39. The summed E-state index contributed by atoms with van der Waals surface area (Å²) in [4.78, 5) is 25.4. The van der Waals surface area contributed by atoms with Crippen molar-refractivity contribution in [3.05, 3.63) is 53.5 Å². The average Bonchev–Trinajstić information content (AvgIpc) is 3.38. The van der Waals surface area contributed by atoms with Gasteiger partial charge in [0.1, 0.15) is 35.5 Å². The molecule has 3 aliphatic rings. The van der Waals surface area contributed by atoms with E-state index in [1.807, 2.05) is 4.90 Å². The van der Waals surface area contributed by atoms with Crippen LogP contribution in [0.2, 0.25) is 0 Å². The number of ether oxygens (including phenoxy) is 2. The second-order valence-corrected chi connectivity index (χ2v) is 10.8. The first-order valence-electron chi connectivity index (χ1n) is 13.9. The molecular formula is C30H37FN6O3. The Morgan fingerprint density at radius 1 is 1.27 bits per heavy atom. The number of fused-ring (bicyclic) bond motifs is 1. The number of aromatic nitrogens is 1. The number of likely N-dealkylation sites (tertiary alicyclic amines) is 1. The van der Waals surface area contributed by atoms with Gasteiger partial charge in [0.05, 0.1) is 25.0 Å². The van der Waals surface area contributed by atoms with E-state index in [-0.39, 0.29) is 23.8 Å². The van der Waals surface area contributed by atoms with E-state index in [0.29, 0.717) is 68.6 Å². The van der Waals surface area contributed by atoms with Crippen LogP contribution in [0.3, 0.4) is 0 Å². The van der Waals surface area contributed by atoms with Crippen LogP contribution < -0.4 is 19.3 Å². The molecule has 1 amide bonds. The smallest absolute Gasteiger partial charge is 0.246 e. The van der Waals surface area contributed by atoms with Gasteiger partial charge in [0.15, 0.2) is 0 Å². The van der Waals surface area contributed by atoms with Crippen molar-refractivity contribution in [3.63, 3.8) is 0 Å². The molecule has 2 aromatic rings. The van der Waals surface area contributed by atoms with Crippen molar-refractivity contribution < 1.29 is 18.7 Å². The van der Waals surface area contributed by atoms with Crippen LogP contribution in [0.1, 0.15) is 36.6 Å². The number of para-hydroxylation sites is 1. The number of nitriles is 1. The van der Waals surface area contributed by atoms with Crippen LogP contribution in [0.15, 0.2) is 30.9 Å². The van der Waals surface area contributed by atoms with Crippen molar-refractivity contribution in [1.82, 2.24) is 14.8 Å². The number of benzene rings is 1. The number of nitrogens with zero attached hydrogens (tertiary/aromatic N) is 6. The fourth-order valence-corrected chi connectivity index (χ4v) is 6.20. The van der Waals surface area contributed by atoms with Crippen LogP contribution in [-0.4, -0.2) is 86.3 Å². The van der Waals surface area contributed by atoms with Crippen LogP contribution in [0, 0.1) is 17.1 Å². The maximum absolute atomic E-state index is 15.0. The number of pyridine rings is 1. The number of halogens is 1. The minimum atomic E-state index is -0.353. The third-order valence-corrected chi connectivity index (χ3v) is 8.38. The highest BCUT2D eigenvalue weighted by molar-refractivity contribution is 5.87. The zero-order chi connectivity index (χ0) is 28.4. The van der Waals surface area contributed by atoms with Gasteiger partial charge in [-0.15, -0.1) is 0 Å². The Morgan fingerprint density at radius 3 is 2.77 bits per heavy atom. The van der Waals surface area contributed by atoms with Crippen LogP contribution >= 0.6 is 0 Å². The molecule has 1 aromatic heterocycles. The van der Waals surface area contributed by atoms with Crippen LogP contribution in [-0.2, 0) is 17.8 Å². The molecule has 0 N–H and O–H groups in total. The summed E-state index contributed by atoms with van der Waals surface area (Å²) in [6.45, 7) is 9.67. The first-order chi connectivity index (χ1) is 19.4. The minimum Gasteiger partial charge on any atom is -0.494 e. The summed E-state index contributed by atoms with van der Waals surface area (Å²) in [6, 6.07) is 7.45. The van der Waals surface area contributed by atoms with Crippen molar-refractivity contribution in [3.8, 4) is 17.7 Å². The molecule has 0 aliphatic carbocycles. The number of hydrogen-bond donors (Lipinski definition) is 0. The minimum absolute atomic E-state index is 0.0326. The lowest BCUT2D eigenvalue weighted by Gasteiger charge is -2.43. The van der Waals surface area contributed by atoms with Crippen molar-refractivity contribution in [1.29, 1.82) is 5.26 Å². The summed E-state index contributed by atoms with van der Waals surface area (Å²) < 4.78 is 26.8. The molecule has 1 aromatic carbocycles. The summed E-state index contributed by atoms with van der Waals surface area (Å²) in [5.74, 6) is 0.336. The van der Waals surface area contributed by atoms with E-state index in [4.69, 9.17) is 14.5 Å². The summed E-state index contributed by atoms with van der Waals surface area (Å²) in [7, 11) is 3.62. The molecule has 10 heteroatoms. The Bertz CT molecular complexity index is 1330. The van der Waals surface area contributed by atoms with Gasteiger partial charge < -0.3 is 29.1 Å². The van der Waals surface area contributed by atoms with E-state index in [1.54, 1.807) is 17.0 Å². The van der Waals surface area contributed by atoms with Gasteiger partial charge in [0.2, 0.25) is 11.8 Å². The van der Waals surface area contributed by atoms with Gasteiger partial charge >= 0.3 is 0 Å². The lowest BCUT2D eigenvalue weighted by atomic mass is 9.96. The maximum Gasteiger partial charge on any atom is 0.246 e. The highest BCUT2D eigenvalue weighted by atomic mass is 19.1. The number of anilines is 2. The Balaban J connectivity index is 1.54. The van der Waals surface area contributed by atoms with Crippen molar-refractivity contribution in [2.45, 2.75) is 44.8 Å². The average molecular weight is 549 g/mol. The highest BCUT2D eigenvalue weighted by Crippen LogP contribution is 2.41. The second-order valence-electron chi connectivity index (χ2n) is 10.8. The van der Waals surface area contributed by atoms with Crippen molar-refractivity contribution in [2.75, 3.05) is 63.3 Å². The SMILES string of the molecule is C=CC(=O)N1CCN(c2c(C#N)c(OC[C@@H]3CCCN3C)nc3c2CCN(c2c(F)cccc2OC)C3)[C@@H](C)C1. The van der Waals surface area contributed by atoms with Crippen molar-refractivity contribution >= 4 is 17.3 Å². The molecule has 2 atom stereocenters. The fraction of sp³-hybridized carbons (Fsp3) is 0.500. The number of amides is 1. The quantitative estimate of drug-likeness (QED) is 0.487. The molecule has 212 valence electrons. The molecule has 0 bridgehead atoms. The molecule has 0 radical (unpaired) electrons. The van der Waals surface area contributed by atoms with E-state index in [0.717, 1.165) is 36.3 Å². The third kappa shape index (κ3) is 5.18. The molecule has 0 spiro atoms. The molecule has 2 fully saturated rings. The third-order valence-electron chi connectivity index (χ3n) is 8.38. The monoisotopic (exact) mass is 548 g/mol. The van der Waals surface area contributed by atoms with Gasteiger partial charge in [-0.05, 0) is 58.0 Å². The van der Waals surface area contributed by atoms with Gasteiger partial charge in [0, 0.05) is 43.8 Å². The maximum atomic E-state index is 15.0. The number of carbonyl (C=O) groups excluding carboxylic acids is 1. The first kappa shape index (κ1) is 27.7. The topological polar surface area (TPSA) is 85.2 Å². The number of likely N-dealkylation sites (N-methyl/N-ethyl adjacent to an activating group) is 1. The fourth-order valence-electron chi connectivity index (χ4n) is 6.20. The molecule has 2 saturated heterocycles. The van der Waals surface area contributed by atoms with E-state index in [9.17, 15) is 10.1 Å². The molecule has 0 saturated carbocycles. The number of hydrogen-bond acceptors (Lipinski definition) is 8. The molecule has 5 rings (SSSR count). The van der Waals surface area contributed by atoms with Crippen molar-refractivity contribution in [2.24, 2.45) is 0 Å². The Hall–Kier alpha value is -3.84. The standard InChI is InChI=1S/C30H37FN6O3/c1-5-27(38)35-14-15-37(20(2)17-35)28-22-11-13-36(29-24(31)9-6-10-26(29)39-4)18-25(22)33-30(23(28)16-32)40-19-21-8-7-12-34(21)3/h5-6,9-10,20-21H,1,7-8,11-15,17-19H2,2-4H3/t20-,21-/m0/s1. The van der Waals surface area contributed by atoms with E-state index in [1.165, 1.54) is 19.3 Å². The zero-order valence-corrected chi connectivity index (χ0v) is 23.5. The van der Waals surface area contributed by atoms with E-state index >= 15 is 4.39 Å². The molecule has 9 nitrogen and oxygen atoms in total. The molecule has 3 aliphatic heterocycles. The lowest BCUT2D eigenvalue weighted by molar-refractivity contribution is -0.126. The van der Waals surface area contributed by atoms with Crippen LogP contribution in [0.4, 0.5) is 15.8 Å². The van der Waals surface area contributed by atoms with Gasteiger partial charge in [-0.1, -0.05) is 12.6 Å². The highest BCUT2D eigenvalue weighted by Gasteiger charge is 2.35. The number of methoxy groups -OCH3 is 1. The van der Waals surface area contributed by atoms with Gasteiger partial charge in [-0.3, -0.25) is 4.79 Å². The predicted octanol–water partition coefficient (Wildman–Crippen LogP) is 3.36. The summed E-state index contributed by atoms with van der Waals surface area (Å²) in [5, 5.41) is 10.4. The Morgan fingerprint density at radius 2 is 2.10 bits per heavy atom. The van der Waals surface area contributed by atoms with Crippen LogP contribution in [0.25, 0.3) is 0 Å². The summed E-state index contributed by atoms with van der Waals surface area (Å²) >= 11 is 0. The number of piperazine rings is 1.